The Bertz CT molecular complexity index is 504. The minimum atomic E-state index is -0.820. The van der Waals surface area contributed by atoms with Gasteiger partial charge in [-0.3, -0.25) is 0 Å². The molecular weight excluding hydrogens is 285 g/mol. The fraction of sp³-hybridized carbons (Fsp3) is 0.0769. The molecular formula is C13H10F2NiO2. The summed E-state index contributed by atoms with van der Waals surface area (Å²) in [5.74, 6) is -2.03. The Morgan fingerprint density at radius 2 is 1.94 bits per heavy atom. The summed E-state index contributed by atoms with van der Waals surface area (Å²) in [4.78, 5) is 12.5. The standard InChI is InChI=1S/C13H10F2O2.Ni/c1-3-11(13(16)17-2)12(15)8-9-4-6-10(14)7-5-9;/h1,3-8H,2H3;/b11-3+,12-8?;. The fourth-order valence-corrected chi connectivity index (χ4v) is 1.36. The van der Waals surface area contributed by atoms with Gasteiger partial charge in [0.1, 0.15) is 0 Å². The number of esters is 1. The number of allylic oxidation sites excluding steroid dienone is 1. The van der Waals surface area contributed by atoms with Gasteiger partial charge in [-0.25, -0.2) is 0 Å². The summed E-state index contributed by atoms with van der Waals surface area (Å²) in [6, 6.07) is 5.18. The molecule has 0 bridgehead atoms. The normalized spacial score (nSPS) is 12.3. The molecule has 1 rings (SSSR count). The van der Waals surface area contributed by atoms with Gasteiger partial charge in [0, 0.05) is 0 Å². The molecule has 1 aromatic rings. The quantitative estimate of drug-likeness (QED) is 0.369. The molecule has 0 saturated carbocycles. The molecule has 5 heteroatoms. The van der Waals surface area contributed by atoms with Crippen molar-refractivity contribution in [1.82, 2.24) is 0 Å². The maximum atomic E-state index is 13.8. The molecule has 98 valence electrons. The van der Waals surface area contributed by atoms with Gasteiger partial charge in [-0.2, -0.15) is 0 Å². The van der Waals surface area contributed by atoms with Crippen LogP contribution in [-0.4, -0.2) is 18.1 Å². The Balaban J connectivity index is 3.06. The van der Waals surface area contributed by atoms with Crippen LogP contribution in [0.1, 0.15) is 5.56 Å². The summed E-state index contributed by atoms with van der Waals surface area (Å²) >= 11 is 4.26. The monoisotopic (exact) mass is 294 g/mol. The number of benzene rings is 1. The van der Waals surface area contributed by atoms with E-state index in [-0.39, 0.29) is 5.57 Å². The summed E-state index contributed by atoms with van der Waals surface area (Å²) in [5.41, 5.74) is 0.157. The van der Waals surface area contributed by atoms with Gasteiger partial charge in [0.15, 0.2) is 0 Å². The second kappa shape index (κ2) is 6.97. The minimum absolute atomic E-state index is 0.270. The van der Waals surface area contributed by atoms with Crippen LogP contribution >= 0.6 is 0 Å². The summed E-state index contributed by atoms with van der Waals surface area (Å²) in [7, 11) is 1.15. The van der Waals surface area contributed by atoms with E-state index in [0.717, 1.165) is 24.3 Å². The number of methoxy groups -OCH3 is 1. The zero-order valence-electron chi connectivity index (χ0n) is 9.43. The van der Waals surface area contributed by atoms with E-state index < -0.39 is 17.6 Å². The van der Waals surface area contributed by atoms with Gasteiger partial charge in [0.25, 0.3) is 0 Å². The Morgan fingerprint density at radius 3 is 2.44 bits per heavy atom. The Labute approximate surface area is 111 Å². The van der Waals surface area contributed by atoms with Crippen molar-refractivity contribution in [3.05, 3.63) is 53.1 Å². The fourth-order valence-electron chi connectivity index (χ4n) is 1.19. The third kappa shape index (κ3) is 4.00. The van der Waals surface area contributed by atoms with Crippen molar-refractivity contribution in [2.24, 2.45) is 0 Å². The zero-order valence-corrected chi connectivity index (χ0v) is 10.4. The predicted octanol–water partition coefficient (Wildman–Crippen LogP) is 2.58. The molecule has 0 amide bonds. The average Bonchev–Trinajstić information content (AvgIpc) is 2.37. The van der Waals surface area contributed by atoms with E-state index in [0.29, 0.717) is 5.56 Å². The van der Waals surface area contributed by atoms with Gasteiger partial charge in [0.05, 0.1) is 0 Å². The van der Waals surface area contributed by atoms with Crippen LogP contribution < -0.4 is 0 Å². The first-order valence-corrected chi connectivity index (χ1v) is 5.47. The van der Waals surface area contributed by atoms with Crippen molar-refractivity contribution in [3.8, 4) is 0 Å². The van der Waals surface area contributed by atoms with Crippen LogP contribution in [0.15, 0.2) is 41.7 Å². The third-order valence-corrected chi connectivity index (χ3v) is 2.21. The first kappa shape index (κ1) is 14.5. The van der Waals surface area contributed by atoms with Gasteiger partial charge in [-0.1, -0.05) is 0 Å². The van der Waals surface area contributed by atoms with Gasteiger partial charge in [-0.05, 0) is 0 Å². The molecule has 0 unspecified atom stereocenters. The third-order valence-electron chi connectivity index (χ3n) is 2.05. The molecule has 0 fully saturated rings. The summed E-state index contributed by atoms with van der Waals surface area (Å²) < 4.78 is 30.9. The summed E-state index contributed by atoms with van der Waals surface area (Å²) in [5, 5.41) is 0. The van der Waals surface area contributed by atoms with Crippen LogP contribution in [0.3, 0.4) is 0 Å². The molecule has 0 aliphatic rings. The van der Waals surface area contributed by atoms with Gasteiger partial charge >= 0.3 is 111 Å². The molecule has 0 aliphatic carbocycles. The number of ether oxygens (including phenoxy) is 1. The molecule has 0 heterocycles. The zero-order chi connectivity index (χ0) is 13.5. The van der Waals surface area contributed by atoms with E-state index >= 15 is 0 Å². The van der Waals surface area contributed by atoms with Crippen molar-refractivity contribution in [3.63, 3.8) is 0 Å². The van der Waals surface area contributed by atoms with E-state index in [4.69, 9.17) is 0 Å². The number of carbonyl (C=O) groups excluding carboxylic acids is 1. The van der Waals surface area contributed by atoms with Crippen LogP contribution in [0.25, 0.3) is 6.08 Å². The Kier molecular flexibility index (Phi) is 5.60. The van der Waals surface area contributed by atoms with E-state index in [2.05, 4.69) is 19.8 Å². The van der Waals surface area contributed by atoms with Crippen molar-refractivity contribution in [1.29, 1.82) is 0 Å². The van der Waals surface area contributed by atoms with Gasteiger partial charge in [0.2, 0.25) is 0 Å². The molecule has 1 aromatic carbocycles. The van der Waals surface area contributed by atoms with Gasteiger partial charge in [-0.15, -0.1) is 0 Å². The molecule has 2 nitrogen and oxygen atoms in total. The topological polar surface area (TPSA) is 26.3 Å². The Hall–Kier alpha value is -1.61. The molecule has 0 aliphatic heterocycles. The average molecular weight is 295 g/mol. The van der Waals surface area contributed by atoms with Crippen LogP contribution in [0.2, 0.25) is 0 Å². The molecule has 18 heavy (non-hydrogen) atoms. The van der Waals surface area contributed by atoms with Crippen LogP contribution in [0.5, 0.6) is 0 Å². The van der Waals surface area contributed by atoms with Crippen LogP contribution in [-0.2, 0) is 24.6 Å². The van der Waals surface area contributed by atoms with Crippen molar-refractivity contribution in [2.75, 3.05) is 7.11 Å². The predicted molar refractivity (Wildman–Crippen MR) is 61.6 cm³/mol. The second-order valence-corrected chi connectivity index (χ2v) is 3.55. The Morgan fingerprint density at radius 1 is 1.33 bits per heavy atom. The molecule has 0 radical (unpaired) electrons. The molecule has 0 N–H and O–H groups in total. The van der Waals surface area contributed by atoms with Crippen LogP contribution in [0, 0.1) is 5.82 Å². The van der Waals surface area contributed by atoms with E-state index in [1.165, 1.54) is 24.3 Å². The van der Waals surface area contributed by atoms with Gasteiger partial charge < -0.3 is 0 Å². The summed E-state index contributed by atoms with van der Waals surface area (Å²) in [6.45, 7) is 0. The molecule has 0 atom stereocenters. The number of hydrogen-bond acceptors (Lipinski definition) is 2. The number of halogens is 2. The number of rotatable bonds is 4. The van der Waals surface area contributed by atoms with Crippen molar-refractivity contribution >= 4 is 17.0 Å². The van der Waals surface area contributed by atoms with E-state index in [1.807, 2.05) is 0 Å². The second-order valence-electron chi connectivity index (χ2n) is 3.22. The number of hydrogen-bond donors (Lipinski definition) is 0. The van der Waals surface area contributed by atoms with E-state index in [1.54, 1.807) is 0 Å². The maximum absolute atomic E-state index is 13.8. The number of carbonyl (C=O) groups is 1. The summed E-state index contributed by atoms with van der Waals surface area (Å²) in [6.07, 6.45) is 2.26. The SMILES string of the molecule is COC(=O)/C(=C/[CH]=[Ni])C(F)=Cc1ccc(F)cc1. The van der Waals surface area contributed by atoms with Crippen molar-refractivity contribution in [2.45, 2.75) is 0 Å². The molecule has 0 saturated heterocycles. The van der Waals surface area contributed by atoms with E-state index in [9.17, 15) is 13.6 Å². The first-order valence-electron chi connectivity index (χ1n) is 4.90. The molecule has 0 aromatic heterocycles. The van der Waals surface area contributed by atoms with Crippen LogP contribution in [0.4, 0.5) is 8.78 Å². The first-order chi connectivity index (χ1) is 8.58. The van der Waals surface area contributed by atoms with Crippen molar-refractivity contribution < 1.29 is 33.3 Å². The molecule has 0 spiro atoms.